The smallest absolute Gasteiger partial charge is 0.354 e. The SMILES string of the molecule is CCOC(=O)c1cc2ccc3c(c2[nH]1)C(C)(CCC=C(C)C)C=C3. The van der Waals surface area contributed by atoms with Crippen LogP contribution in [0.2, 0.25) is 0 Å². The number of esters is 1. The first-order valence-corrected chi connectivity index (χ1v) is 8.60. The van der Waals surface area contributed by atoms with Crippen molar-refractivity contribution in [3.63, 3.8) is 0 Å². The minimum Gasteiger partial charge on any atom is -0.461 e. The first-order valence-electron chi connectivity index (χ1n) is 8.60. The molecule has 3 nitrogen and oxygen atoms in total. The van der Waals surface area contributed by atoms with E-state index in [9.17, 15) is 4.79 Å². The van der Waals surface area contributed by atoms with Crippen LogP contribution in [0.5, 0.6) is 0 Å². The van der Waals surface area contributed by atoms with Gasteiger partial charge in [-0.25, -0.2) is 4.79 Å². The predicted octanol–water partition coefficient (Wildman–Crippen LogP) is 5.38. The van der Waals surface area contributed by atoms with Crippen molar-refractivity contribution in [3.05, 3.63) is 52.7 Å². The van der Waals surface area contributed by atoms with Gasteiger partial charge in [0.1, 0.15) is 5.69 Å². The molecule has 1 aliphatic carbocycles. The largest absolute Gasteiger partial charge is 0.461 e. The van der Waals surface area contributed by atoms with E-state index in [1.54, 1.807) is 0 Å². The Kier molecular flexibility index (Phi) is 4.35. The number of fused-ring (bicyclic) bond motifs is 3. The summed E-state index contributed by atoms with van der Waals surface area (Å²) in [5, 5.41) is 1.06. The second-order valence-corrected chi connectivity index (χ2v) is 6.97. The zero-order chi connectivity index (χ0) is 17.3. The lowest BCUT2D eigenvalue weighted by Crippen LogP contribution is -2.17. The molecule has 1 heterocycles. The number of carbonyl (C=O) groups is 1. The monoisotopic (exact) mass is 323 g/mol. The van der Waals surface area contributed by atoms with Crippen LogP contribution in [-0.4, -0.2) is 17.6 Å². The molecule has 24 heavy (non-hydrogen) atoms. The lowest BCUT2D eigenvalue weighted by atomic mass is 9.79. The van der Waals surface area contributed by atoms with E-state index in [4.69, 9.17) is 4.74 Å². The van der Waals surface area contributed by atoms with Crippen LogP contribution in [0.1, 0.15) is 62.2 Å². The average molecular weight is 323 g/mol. The molecular weight excluding hydrogens is 298 g/mol. The highest BCUT2D eigenvalue weighted by Gasteiger charge is 2.32. The Labute approximate surface area is 143 Å². The quantitative estimate of drug-likeness (QED) is 0.593. The minimum atomic E-state index is -0.292. The van der Waals surface area contributed by atoms with E-state index in [-0.39, 0.29) is 11.4 Å². The number of nitrogens with one attached hydrogen (secondary N) is 1. The number of aromatic nitrogens is 1. The van der Waals surface area contributed by atoms with E-state index in [0.29, 0.717) is 12.3 Å². The van der Waals surface area contributed by atoms with Crippen molar-refractivity contribution < 1.29 is 9.53 Å². The van der Waals surface area contributed by atoms with Gasteiger partial charge in [0, 0.05) is 10.8 Å². The van der Waals surface area contributed by atoms with Crippen molar-refractivity contribution in [2.24, 2.45) is 0 Å². The summed E-state index contributed by atoms with van der Waals surface area (Å²) in [7, 11) is 0. The highest BCUT2D eigenvalue weighted by molar-refractivity contribution is 5.98. The first-order chi connectivity index (χ1) is 11.4. The molecule has 0 amide bonds. The Morgan fingerprint density at radius 1 is 1.33 bits per heavy atom. The summed E-state index contributed by atoms with van der Waals surface area (Å²) in [5.41, 5.74) is 5.44. The van der Waals surface area contributed by atoms with Crippen LogP contribution < -0.4 is 0 Å². The zero-order valence-corrected chi connectivity index (χ0v) is 14.9. The molecule has 0 saturated carbocycles. The third-order valence-corrected chi connectivity index (χ3v) is 4.74. The number of allylic oxidation sites excluding steroid dienone is 3. The van der Waals surface area contributed by atoms with Crippen molar-refractivity contribution in [3.8, 4) is 0 Å². The normalized spacial score (nSPS) is 18.7. The molecule has 1 aromatic heterocycles. The van der Waals surface area contributed by atoms with Crippen LogP contribution in [0, 0.1) is 0 Å². The Morgan fingerprint density at radius 2 is 2.12 bits per heavy atom. The van der Waals surface area contributed by atoms with E-state index in [1.165, 1.54) is 16.7 Å². The lowest BCUT2D eigenvalue weighted by molar-refractivity contribution is 0.0520. The van der Waals surface area contributed by atoms with Gasteiger partial charge in [-0.2, -0.15) is 0 Å². The predicted molar refractivity (Wildman–Crippen MR) is 99.3 cm³/mol. The number of rotatable bonds is 5. The summed E-state index contributed by atoms with van der Waals surface area (Å²) < 4.78 is 5.13. The van der Waals surface area contributed by atoms with Crippen LogP contribution in [0.25, 0.3) is 17.0 Å². The number of H-pyrrole nitrogens is 1. The highest BCUT2D eigenvalue weighted by atomic mass is 16.5. The number of benzene rings is 1. The van der Waals surface area contributed by atoms with Gasteiger partial charge in [0.2, 0.25) is 0 Å². The molecule has 3 heteroatoms. The molecule has 1 atom stereocenters. The van der Waals surface area contributed by atoms with Crippen LogP contribution in [-0.2, 0) is 10.2 Å². The van der Waals surface area contributed by atoms with Gasteiger partial charge in [-0.15, -0.1) is 0 Å². The van der Waals surface area contributed by atoms with Crippen molar-refractivity contribution >= 4 is 22.9 Å². The number of aromatic amines is 1. The summed E-state index contributed by atoms with van der Waals surface area (Å²) in [6.07, 6.45) is 8.87. The van der Waals surface area contributed by atoms with Crippen molar-refractivity contribution in [2.75, 3.05) is 6.61 Å². The summed E-state index contributed by atoms with van der Waals surface area (Å²) >= 11 is 0. The van der Waals surface area contributed by atoms with Gasteiger partial charge >= 0.3 is 5.97 Å². The molecule has 0 spiro atoms. The van der Waals surface area contributed by atoms with Gasteiger partial charge < -0.3 is 9.72 Å². The molecule has 3 rings (SSSR count). The molecule has 1 aromatic carbocycles. The third kappa shape index (κ3) is 2.91. The Morgan fingerprint density at radius 3 is 2.83 bits per heavy atom. The van der Waals surface area contributed by atoms with Crippen LogP contribution in [0.3, 0.4) is 0 Å². The maximum atomic E-state index is 12.0. The fraction of sp³-hybridized carbons (Fsp3) is 0.381. The molecule has 0 saturated heterocycles. The zero-order valence-electron chi connectivity index (χ0n) is 14.9. The van der Waals surface area contributed by atoms with E-state index < -0.39 is 0 Å². The standard InChI is InChI=1S/C21H25NO2/c1-5-24-20(23)17-13-16-9-8-15-10-12-21(4,11-6-7-14(2)3)18(15)19(16)22-17/h7-10,12-13,22H,5-6,11H2,1-4H3. The van der Waals surface area contributed by atoms with E-state index in [1.807, 2.05) is 13.0 Å². The van der Waals surface area contributed by atoms with E-state index >= 15 is 0 Å². The number of carbonyl (C=O) groups excluding carboxylic acids is 1. The van der Waals surface area contributed by atoms with Crippen molar-refractivity contribution in [1.29, 1.82) is 0 Å². The summed E-state index contributed by atoms with van der Waals surface area (Å²) in [6.45, 7) is 8.75. The fourth-order valence-electron chi connectivity index (χ4n) is 3.52. The fourth-order valence-corrected chi connectivity index (χ4v) is 3.52. The minimum absolute atomic E-state index is 0.0163. The molecule has 1 unspecified atom stereocenters. The van der Waals surface area contributed by atoms with Gasteiger partial charge in [-0.1, -0.05) is 42.9 Å². The van der Waals surface area contributed by atoms with Crippen LogP contribution in [0.15, 0.2) is 35.9 Å². The van der Waals surface area contributed by atoms with Gasteiger partial charge in [-0.05, 0) is 50.8 Å². The molecule has 1 aliphatic rings. The first kappa shape index (κ1) is 16.6. The molecule has 0 fully saturated rings. The number of hydrogen-bond donors (Lipinski definition) is 1. The van der Waals surface area contributed by atoms with Gasteiger partial charge in [0.05, 0.1) is 12.1 Å². The Bertz CT molecular complexity index is 837. The molecule has 2 aromatic rings. The molecule has 1 N–H and O–H groups in total. The van der Waals surface area contributed by atoms with Crippen molar-refractivity contribution in [1.82, 2.24) is 4.98 Å². The highest BCUT2D eigenvalue weighted by Crippen LogP contribution is 2.43. The van der Waals surface area contributed by atoms with Gasteiger partial charge in [-0.3, -0.25) is 0 Å². The average Bonchev–Trinajstić information content (AvgIpc) is 3.09. The maximum absolute atomic E-state index is 12.0. The van der Waals surface area contributed by atoms with Gasteiger partial charge in [0.25, 0.3) is 0 Å². The topological polar surface area (TPSA) is 42.1 Å². The summed E-state index contributed by atoms with van der Waals surface area (Å²) in [4.78, 5) is 15.4. The van der Waals surface area contributed by atoms with Gasteiger partial charge in [0.15, 0.2) is 0 Å². The van der Waals surface area contributed by atoms with E-state index in [0.717, 1.165) is 23.7 Å². The molecular formula is C21H25NO2. The molecule has 0 aliphatic heterocycles. The number of ether oxygens (including phenoxy) is 1. The van der Waals surface area contributed by atoms with Crippen LogP contribution in [0.4, 0.5) is 0 Å². The maximum Gasteiger partial charge on any atom is 0.354 e. The van der Waals surface area contributed by atoms with Crippen LogP contribution >= 0.6 is 0 Å². The molecule has 126 valence electrons. The summed E-state index contributed by atoms with van der Waals surface area (Å²) in [5.74, 6) is -0.292. The Balaban J connectivity index is 2.01. The molecule has 0 radical (unpaired) electrons. The lowest BCUT2D eigenvalue weighted by Gasteiger charge is -2.24. The second kappa shape index (κ2) is 6.31. The summed E-state index contributed by atoms with van der Waals surface area (Å²) in [6, 6.07) is 6.10. The second-order valence-electron chi connectivity index (χ2n) is 6.97. The van der Waals surface area contributed by atoms with Crippen molar-refractivity contribution in [2.45, 2.75) is 46.0 Å². The Hall–Kier alpha value is -2.29. The molecule has 0 bridgehead atoms. The number of hydrogen-bond acceptors (Lipinski definition) is 2. The van der Waals surface area contributed by atoms with E-state index in [2.05, 4.69) is 56.1 Å². The third-order valence-electron chi connectivity index (χ3n) is 4.74.